The van der Waals surface area contributed by atoms with E-state index in [0.29, 0.717) is 46.7 Å². The van der Waals surface area contributed by atoms with E-state index in [1.807, 2.05) is 37.4 Å². The van der Waals surface area contributed by atoms with Gasteiger partial charge in [0.05, 0.1) is 22.6 Å². The fourth-order valence-corrected chi connectivity index (χ4v) is 5.22. The minimum atomic E-state index is 0.327. The molecule has 0 aliphatic carbocycles. The number of likely N-dealkylation sites (tertiary alicyclic amines) is 1. The summed E-state index contributed by atoms with van der Waals surface area (Å²) in [7, 11) is 1.87. The third kappa shape index (κ3) is 5.95. The van der Waals surface area contributed by atoms with Crippen LogP contribution in [0.1, 0.15) is 38.4 Å². The molecule has 1 aliphatic rings. The third-order valence-corrected chi connectivity index (χ3v) is 7.49. The number of anilines is 3. The van der Waals surface area contributed by atoms with E-state index >= 15 is 0 Å². The lowest BCUT2D eigenvalue weighted by Crippen LogP contribution is -2.38. The van der Waals surface area contributed by atoms with Gasteiger partial charge in [-0.2, -0.15) is 4.52 Å². The van der Waals surface area contributed by atoms with Crippen molar-refractivity contribution in [2.75, 3.05) is 49.2 Å². The van der Waals surface area contributed by atoms with Gasteiger partial charge < -0.3 is 20.9 Å². The number of rotatable bonds is 9. The number of hydrogen-bond donors (Lipinski definition) is 3. The molecule has 5 rings (SSSR count). The van der Waals surface area contributed by atoms with Crippen molar-refractivity contribution in [3.8, 4) is 11.3 Å². The van der Waals surface area contributed by atoms with Crippen LogP contribution in [0.4, 0.5) is 17.5 Å². The predicted molar refractivity (Wildman–Crippen MR) is 156 cm³/mol. The summed E-state index contributed by atoms with van der Waals surface area (Å²) >= 11 is 12.7. The van der Waals surface area contributed by atoms with E-state index in [1.165, 1.54) is 0 Å². The molecule has 1 saturated heterocycles. The second-order valence-electron chi connectivity index (χ2n) is 9.77. The molecule has 1 aliphatic heterocycles. The molecule has 4 heterocycles. The van der Waals surface area contributed by atoms with E-state index in [9.17, 15) is 0 Å². The Morgan fingerprint density at radius 1 is 1.00 bits per heavy atom. The highest BCUT2D eigenvalue weighted by atomic mass is 35.5. The first-order chi connectivity index (χ1) is 18.4. The topological polar surface area (TPSA) is 95.3 Å². The molecular formula is C27H33Cl2N9. The molecule has 0 amide bonds. The Bertz CT molecular complexity index is 1380. The Labute approximate surface area is 233 Å². The summed E-state index contributed by atoms with van der Waals surface area (Å²) in [5.74, 6) is 2.61. The van der Waals surface area contributed by atoms with E-state index in [-0.39, 0.29) is 0 Å². The average molecular weight is 555 g/mol. The van der Waals surface area contributed by atoms with Crippen LogP contribution in [-0.2, 0) is 0 Å². The molecule has 9 nitrogen and oxygen atoms in total. The summed E-state index contributed by atoms with van der Waals surface area (Å²) in [5, 5.41) is 15.9. The van der Waals surface area contributed by atoms with Crippen LogP contribution in [0.3, 0.4) is 0 Å². The fraction of sp³-hybridized carbons (Fsp3) is 0.407. The first-order valence-electron chi connectivity index (χ1n) is 13.0. The van der Waals surface area contributed by atoms with Gasteiger partial charge >= 0.3 is 0 Å². The van der Waals surface area contributed by atoms with Gasteiger partial charge in [-0.05, 0) is 70.1 Å². The van der Waals surface area contributed by atoms with Gasteiger partial charge in [-0.3, -0.25) is 0 Å². The van der Waals surface area contributed by atoms with Gasteiger partial charge in [0, 0.05) is 48.7 Å². The number of halogens is 2. The zero-order valence-electron chi connectivity index (χ0n) is 21.9. The standard InChI is InChI=1S/C27H33Cl2N9/c1-17(2)37-12-8-18(9-13-37)26-35-25-15-23(21-6-4-19(28)14-22(21)29)34-27(38(25)36-26)32-11-10-31-24-7-5-20(30-3)16-33-24/h4-7,14-18,30H,8-13H2,1-3H3,(H,31,33)(H,32,34). The van der Waals surface area contributed by atoms with Crippen LogP contribution in [0.25, 0.3) is 16.9 Å². The van der Waals surface area contributed by atoms with E-state index in [4.69, 9.17) is 38.3 Å². The molecule has 3 aromatic heterocycles. The van der Waals surface area contributed by atoms with Crippen LogP contribution in [0.15, 0.2) is 42.6 Å². The molecular weight excluding hydrogens is 521 g/mol. The number of nitrogens with zero attached hydrogens (tertiary/aromatic N) is 6. The SMILES string of the molecule is CNc1ccc(NCCNc2nc(-c3ccc(Cl)cc3Cl)cc3nc(C4CCN(C(C)C)CC4)nn23)nc1. The van der Waals surface area contributed by atoms with Crippen LogP contribution in [0.5, 0.6) is 0 Å². The largest absolute Gasteiger partial charge is 0.387 e. The summed E-state index contributed by atoms with van der Waals surface area (Å²) in [6.45, 7) is 7.87. The van der Waals surface area contributed by atoms with Crippen molar-refractivity contribution in [1.29, 1.82) is 0 Å². The van der Waals surface area contributed by atoms with Gasteiger partial charge in [-0.1, -0.05) is 23.2 Å². The monoisotopic (exact) mass is 553 g/mol. The fourth-order valence-electron chi connectivity index (χ4n) is 4.71. The lowest BCUT2D eigenvalue weighted by atomic mass is 9.95. The van der Waals surface area contributed by atoms with Crippen molar-refractivity contribution in [2.45, 2.75) is 38.6 Å². The molecule has 3 N–H and O–H groups in total. The van der Waals surface area contributed by atoms with Crippen molar-refractivity contribution in [2.24, 2.45) is 0 Å². The van der Waals surface area contributed by atoms with Crippen LogP contribution >= 0.6 is 23.2 Å². The first kappa shape index (κ1) is 26.5. The van der Waals surface area contributed by atoms with Gasteiger partial charge in [0.15, 0.2) is 11.5 Å². The van der Waals surface area contributed by atoms with E-state index < -0.39 is 0 Å². The number of benzene rings is 1. The highest BCUT2D eigenvalue weighted by Crippen LogP contribution is 2.32. The number of hydrogen-bond acceptors (Lipinski definition) is 8. The molecule has 0 atom stereocenters. The minimum absolute atomic E-state index is 0.327. The number of aromatic nitrogens is 5. The average Bonchev–Trinajstić information content (AvgIpc) is 3.36. The summed E-state index contributed by atoms with van der Waals surface area (Å²) in [6, 6.07) is 11.8. The summed E-state index contributed by atoms with van der Waals surface area (Å²) in [4.78, 5) is 16.8. The van der Waals surface area contributed by atoms with Crippen LogP contribution in [-0.4, -0.2) is 68.7 Å². The lowest BCUT2D eigenvalue weighted by molar-refractivity contribution is 0.169. The van der Waals surface area contributed by atoms with Crippen molar-refractivity contribution in [3.05, 3.63) is 58.5 Å². The number of pyridine rings is 1. The molecule has 38 heavy (non-hydrogen) atoms. The molecule has 0 unspecified atom stereocenters. The number of fused-ring (bicyclic) bond motifs is 1. The van der Waals surface area contributed by atoms with Gasteiger partial charge in [-0.25, -0.2) is 15.0 Å². The smallest absolute Gasteiger partial charge is 0.226 e. The Morgan fingerprint density at radius 2 is 1.79 bits per heavy atom. The first-order valence-corrected chi connectivity index (χ1v) is 13.8. The van der Waals surface area contributed by atoms with E-state index in [1.54, 1.807) is 16.8 Å². The van der Waals surface area contributed by atoms with Crippen LogP contribution in [0, 0.1) is 0 Å². The Balaban J connectivity index is 1.39. The normalized spacial score (nSPS) is 14.8. The second kappa shape index (κ2) is 11.7. The van der Waals surface area contributed by atoms with Gasteiger partial charge in [0.2, 0.25) is 5.95 Å². The van der Waals surface area contributed by atoms with Gasteiger partial charge in [-0.15, -0.1) is 5.10 Å². The second-order valence-corrected chi connectivity index (χ2v) is 10.6. The van der Waals surface area contributed by atoms with E-state index in [2.05, 4.69) is 39.7 Å². The summed E-state index contributed by atoms with van der Waals surface area (Å²) in [6.07, 6.45) is 3.89. The summed E-state index contributed by atoms with van der Waals surface area (Å²) in [5.41, 5.74) is 3.22. The van der Waals surface area contributed by atoms with E-state index in [0.717, 1.165) is 54.5 Å². The molecule has 1 aromatic carbocycles. The maximum Gasteiger partial charge on any atom is 0.226 e. The van der Waals surface area contributed by atoms with Crippen molar-refractivity contribution in [1.82, 2.24) is 29.5 Å². The Morgan fingerprint density at radius 3 is 2.47 bits per heavy atom. The molecule has 0 radical (unpaired) electrons. The molecule has 200 valence electrons. The highest BCUT2D eigenvalue weighted by molar-refractivity contribution is 6.36. The van der Waals surface area contributed by atoms with Crippen molar-refractivity contribution >= 4 is 46.3 Å². The number of nitrogens with one attached hydrogen (secondary N) is 3. The zero-order valence-corrected chi connectivity index (χ0v) is 23.4. The maximum absolute atomic E-state index is 6.54. The van der Waals surface area contributed by atoms with Crippen molar-refractivity contribution in [3.63, 3.8) is 0 Å². The number of piperidine rings is 1. The van der Waals surface area contributed by atoms with Gasteiger partial charge in [0.25, 0.3) is 0 Å². The third-order valence-electron chi connectivity index (χ3n) is 6.94. The Hall–Kier alpha value is -3.14. The molecule has 0 spiro atoms. The zero-order chi connectivity index (χ0) is 26.6. The lowest BCUT2D eigenvalue weighted by Gasteiger charge is -2.33. The van der Waals surface area contributed by atoms with Crippen molar-refractivity contribution < 1.29 is 0 Å². The summed E-state index contributed by atoms with van der Waals surface area (Å²) < 4.78 is 1.80. The van der Waals surface area contributed by atoms with Crippen LogP contribution < -0.4 is 16.0 Å². The minimum Gasteiger partial charge on any atom is -0.387 e. The molecule has 1 fully saturated rings. The Kier molecular flexibility index (Phi) is 8.16. The predicted octanol–water partition coefficient (Wildman–Crippen LogP) is 5.65. The molecule has 0 bridgehead atoms. The quantitative estimate of drug-likeness (QED) is 0.229. The highest BCUT2D eigenvalue weighted by Gasteiger charge is 2.26. The van der Waals surface area contributed by atoms with Gasteiger partial charge in [0.1, 0.15) is 5.82 Å². The molecule has 4 aromatic rings. The molecule has 0 saturated carbocycles. The van der Waals surface area contributed by atoms with Crippen LogP contribution in [0.2, 0.25) is 10.0 Å². The maximum atomic E-state index is 6.54. The molecule has 11 heteroatoms.